The van der Waals surface area contributed by atoms with Gasteiger partial charge in [0.2, 0.25) is 5.60 Å². The lowest BCUT2D eigenvalue weighted by atomic mass is 9.81. The summed E-state index contributed by atoms with van der Waals surface area (Å²) in [6.07, 6.45) is 33.2. The molecule has 2 fully saturated rings. The molecular weight excluding hydrogens is 1120 g/mol. The molecule has 86 heavy (non-hydrogen) atoms. The summed E-state index contributed by atoms with van der Waals surface area (Å²) in [6, 6.07) is 0. The first-order chi connectivity index (χ1) is 41.7. The van der Waals surface area contributed by atoms with Gasteiger partial charge in [-0.05, 0) is 64.2 Å². The van der Waals surface area contributed by atoms with E-state index in [1.165, 1.54) is 110 Å². The van der Waals surface area contributed by atoms with E-state index in [0.29, 0.717) is 38.5 Å². The predicted molar refractivity (Wildman–Crippen MR) is 342 cm³/mol. The minimum Gasteiger partial charge on any atom is -0.393 e. The smallest absolute Gasteiger partial charge is 0.393 e. The molecule has 12 atom stereocenters. The van der Waals surface area contributed by atoms with E-state index in [1.807, 2.05) is 0 Å². The van der Waals surface area contributed by atoms with Gasteiger partial charge in [-0.15, -0.1) is 0 Å². The minimum absolute atomic E-state index is 0.0811. The number of Topliss-reactive ketones (excluding diaryl/α,β-unsaturated/α-hetero) is 1. The van der Waals surface area contributed by atoms with Gasteiger partial charge in [0.05, 0.1) is 25.4 Å². The van der Waals surface area contributed by atoms with Gasteiger partial charge in [0, 0.05) is 40.5 Å². The van der Waals surface area contributed by atoms with Gasteiger partial charge in [0.1, 0.15) is 42.7 Å². The Morgan fingerprint density at radius 2 is 0.977 bits per heavy atom. The number of methoxy groups -OCH3 is 2. The molecule has 1 unspecified atom stereocenters. The second-order valence-electron chi connectivity index (χ2n) is 25.0. The lowest BCUT2D eigenvalue weighted by Crippen LogP contribution is -2.72. The van der Waals surface area contributed by atoms with E-state index in [1.54, 1.807) is 7.11 Å². The van der Waals surface area contributed by atoms with Crippen LogP contribution < -0.4 is 0 Å². The fraction of sp³-hybridized carbons (Fsp3) is 0.956. The van der Waals surface area contributed by atoms with Crippen LogP contribution >= 0.6 is 7.82 Å². The molecule has 0 aromatic rings. The van der Waals surface area contributed by atoms with Crippen LogP contribution in [0.4, 0.5) is 0 Å². The molecule has 0 amide bonds. The summed E-state index contributed by atoms with van der Waals surface area (Å²) in [6.45, 7) is 8.28. The number of unbranched alkanes of at least 4 members (excludes halogenated alkanes) is 32. The van der Waals surface area contributed by atoms with Gasteiger partial charge in [-0.25, -0.2) is 4.57 Å². The van der Waals surface area contributed by atoms with Crippen LogP contribution in [-0.2, 0) is 51.8 Å². The van der Waals surface area contributed by atoms with Gasteiger partial charge < -0.3 is 68.1 Å². The Hall–Kier alpha value is -0.960. The lowest BCUT2D eigenvalue weighted by molar-refractivity contribution is -0.350. The molecule has 0 radical (unpaired) electrons. The molecule has 2 aliphatic heterocycles. The summed E-state index contributed by atoms with van der Waals surface area (Å²) in [4.78, 5) is 35.5. The highest BCUT2D eigenvalue weighted by Gasteiger charge is 2.63. The van der Waals surface area contributed by atoms with Gasteiger partial charge in [0.25, 0.3) is 0 Å². The highest BCUT2D eigenvalue weighted by atomic mass is 31.2. The number of carbonyl (C=O) groups excluding carboxylic acids is 1. The summed E-state index contributed by atoms with van der Waals surface area (Å²) < 4.78 is 67.3. The third kappa shape index (κ3) is 36.3. The van der Waals surface area contributed by atoms with Crippen molar-refractivity contribution >= 4 is 13.6 Å². The van der Waals surface area contributed by atoms with Crippen molar-refractivity contribution in [3.05, 3.63) is 12.2 Å². The fourth-order valence-electron chi connectivity index (χ4n) is 12.0. The number of hydrogen-bond donors (Lipinski definition) is 6. The van der Waals surface area contributed by atoms with Crippen molar-refractivity contribution in [2.24, 2.45) is 0 Å². The predicted octanol–water partition coefficient (Wildman–Crippen LogP) is 14.8. The first-order valence-electron chi connectivity index (χ1n) is 35.2. The van der Waals surface area contributed by atoms with E-state index in [9.17, 15) is 39.6 Å². The average Bonchev–Trinajstić information content (AvgIpc) is 0.864. The van der Waals surface area contributed by atoms with Crippen LogP contribution in [0.5, 0.6) is 0 Å². The van der Waals surface area contributed by atoms with Crippen molar-refractivity contribution in [2.45, 2.75) is 370 Å². The molecule has 0 saturated carbocycles. The summed E-state index contributed by atoms with van der Waals surface area (Å²) in [7, 11) is -2.34. The third-order valence-corrected chi connectivity index (χ3v) is 17.9. The van der Waals surface area contributed by atoms with Gasteiger partial charge in [-0.2, -0.15) is 0 Å². The second kappa shape index (κ2) is 52.5. The van der Waals surface area contributed by atoms with Crippen molar-refractivity contribution in [1.82, 2.24) is 0 Å². The van der Waals surface area contributed by atoms with E-state index in [2.05, 4.69) is 39.8 Å². The molecule has 0 aromatic carbocycles. The summed E-state index contributed by atoms with van der Waals surface area (Å²) in [5.74, 6) is -0.736. The highest BCUT2D eigenvalue weighted by Crippen LogP contribution is 2.46. The zero-order valence-corrected chi connectivity index (χ0v) is 56.3. The van der Waals surface area contributed by atoms with Crippen LogP contribution in [0.15, 0.2) is 12.2 Å². The quantitative estimate of drug-likeness (QED) is 0.0189. The van der Waals surface area contributed by atoms with Gasteiger partial charge in [-0.3, -0.25) is 9.32 Å². The Morgan fingerprint density at radius 3 is 1.50 bits per heavy atom. The first kappa shape index (κ1) is 81.1. The fourth-order valence-corrected chi connectivity index (χ4v) is 12.6. The molecule has 17 nitrogen and oxygen atoms in total. The van der Waals surface area contributed by atoms with Crippen LogP contribution in [0.2, 0.25) is 0 Å². The number of ketones is 1. The largest absolute Gasteiger partial charge is 0.470 e. The van der Waals surface area contributed by atoms with E-state index in [4.69, 9.17) is 42.4 Å². The Morgan fingerprint density at radius 1 is 0.512 bits per heavy atom. The molecule has 2 heterocycles. The van der Waals surface area contributed by atoms with Crippen LogP contribution in [0.3, 0.4) is 0 Å². The normalized spacial score (nSPS) is 24.5. The van der Waals surface area contributed by atoms with E-state index >= 15 is 0 Å². The second-order valence-corrected chi connectivity index (χ2v) is 26.2. The standard InChI is InChI=1S/C68H131O17P/c1-7-11-15-19-22-25-27-28-29-30-31-33-36-40-44-48-60(70)68(73)65(81-53-50-57(78-6)47-43-38-18-14-10-4)62(85-86(74,75)76)59(54-77-5)84-67(68)82-55-58-61(71)63(79-51-45-41-37-34-26-23-20-16-12-8-2)64(66(72)83-58)80-52-49-56(69)46-42-39-35-32-24-21-17-13-9-3/h25,27,56-59,61-67,69,71-73H,7-24,26,28-55H2,1-6H3,(H2,74,75,76)/t56-,57-,58-,59-,61-,62-,63+,64-,65+,66?,67-,68-/m1/s1. The zero-order chi connectivity index (χ0) is 62.9. The summed E-state index contributed by atoms with van der Waals surface area (Å²) in [5, 5.41) is 47.9. The molecule has 0 aliphatic carbocycles. The van der Waals surface area contributed by atoms with Crippen LogP contribution in [0.25, 0.3) is 0 Å². The molecule has 2 saturated heterocycles. The monoisotopic (exact) mass is 1250 g/mol. The summed E-state index contributed by atoms with van der Waals surface area (Å²) >= 11 is 0. The Kier molecular flexibility index (Phi) is 49.6. The van der Waals surface area contributed by atoms with E-state index < -0.39 is 87.2 Å². The van der Waals surface area contributed by atoms with Crippen molar-refractivity contribution in [1.29, 1.82) is 0 Å². The molecule has 510 valence electrons. The zero-order valence-electron chi connectivity index (χ0n) is 55.4. The van der Waals surface area contributed by atoms with Crippen LogP contribution in [0.1, 0.15) is 297 Å². The number of hydrogen-bond acceptors (Lipinski definition) is 15. The lowest BCUT2D eigenvalue weighted by Gasteiger charge is -2.50. The number of aliphatic hydroxyl groups is 4. The molecule has 2 aliphatic rings. The number of rotatable bonds is 60. The first-order valence-corrected chi connectivity index (χ1v) is 36.7. The Balaban J connectivity index is 2.35. The van der Waals surface area contributed by atoms with Crippen molar-refractivity contribution < 1.29 is 82.0 Å². The molecule has 6 N–H and O–H groups in total. The van der Waals surface area contributed by atoms with Crippen molar-refractivity contribution in [3.63, 3.8) is 0 Å². The minimum atomic E-state index is -5.32. The van der Waals surface area contributed by atoms with Crippen LogP contribution in [0, 0.1) is 0 Å². The maximum Gasteiger partial charge on any atom is 0.470 e. The number of phosphoric ester groups is 1. The molecular formula is C68H131O17P. The van der Waals surface area contributed by atoms with Crippen molar-refractivity contribution in [3.8, 4) is 0 Å². The molecule has 18 heteroatoms. The SMILES string of the molecule is CCCCCCC=CCCCCCCCCCC(=O)[C@]1(O)[C@H](OC[C@H]2OC(O)[C@H](OCC[C@H](O)CCCCCCCCCCC)[C@@H](OCCCCCCCCCCCC)[C@@H]2O)O[C@H](COC)[C@@H](OP(=O)(O)O)[C@@H]1OCC[C@@H](CCCCCCC)OC. The van der Waals surface area contributed by atoms with Crippen LogP contribution in [-0.4, -0.2) is 156 Å². The molecule has 0 bridgehead atoms. The van der Waals surface area contributed by atoms with Gasteiger partial charge in [-0.1, -0.05) is 239 Å². The van der Waals surface area contributed by atoms with Gasteiger partial charge in [0.15, 0.2) is 18.4 Å². The van der Waals surface area contributed by atoms with E-state index in [0.717, 1.165) is 122 Å². The summed E-state index contributed by atoms with van der Waals surface area (Å²) in [5.41, 5.74) is -2.71. The number of allylic oxidation sites excluding steroid dienone is 2. The molecule has 0 spiro atoms. The number of ether oxygens (including phenoxy) is 8. The van der Waals surface area contributed by atoms with Crippen molar-refractivity contribution in [2.75, 3.05) is 47.3 Å². The third-order valence-electron chi connectivity index (χ3n) is 17.4. The maximum atomic E-state index is 14.9. The topological polar surface area (TPSA) is 239 Å². The number of aliphatic hydroxyl groups excluding tert-OH is 3. The Labute approximate surface area is 523 Å². The maximum absolute atomic E-state index is 14.9. The molecule has 2 rings (SSSR count). The Bertz CT molecular complexity index is 1640. The van der Waals surface area contributed by atoms with E-state index in [-0.39, 0.29) is 39.0 Å². The van der Waals surface area contributed by atoms with Gasteiger partial charge >= 0.3 is 7.82 Å². The number of carbonyl (C=O) groups is 1. The molecule has 0 aromatic heterocycles. The number of phosphoric acid groups is 1. The highest BCUT2D eigenvalue weighted by molar-refractivity contribution is 7.46. The average molecular weight is 1250 g/mol.